The van der Waals surface area contributed by atoms with Gasteiger partial charge in [-0.3, -0.25) is 9.36 Å². The molecule has 0 radical (unpaired) electrons. The maximum Gasteiger partial charge on any atom is 0.303 e. The highest BCUT2D eigenvalue weighted by molar-refractivity contribution is 7.99. The number of unbranched alkanes of at least 4 members (excludes halogenated alkanes) is 1. The molecule has 1 heterocycles. The Bertz CT molecular complexity index is 569. The maximum absolute atomic E-state index is 10.4. The van der Waals surface area contributed by atoms with Crippen molar-refractivity contribution in [3.63, 3.8) is 0 Å². The number of benzene rings is 1. The molecule has 0 amide bonds. The fourth-order valence-corrected chi connectivity index (χ4v) is 2.85. The molecule has 0 spiro atoms. The van der Waals surface area contributed by atoms with Gasteiger partial charge in [-0.25, -0.2) is 0 Å². The highest BCUT2D eigenvalue weighted by Crippen LogP contribution is 2.22. The number of aromatic nitrogens is 3. The van der Waals surface area contributed by atoms with Crippen molar-refractivity contribution in [1.82, 2.24) is 14.8 Å². The molecule has 106 valence electrons. The van der Waals surface area contributed by atoms with Crippen LogP contribution < -0.4 is 0 Å². The van der Waals surface area contributed by atoms with Crippen LogP contribution in [0.4, 0.5) is 0 Å². The topological polar surface area (TPSA) is 68.0 Å². The van der Waals surface area contributed by atoms with Gasteiger partial charge in [-0.05, 0) is 31.9 Å². The minimum Gasteiger partial charge on any atom is -0.481 e. The smallest absolute Gasteiger partial charge is 0.303 e. The Kier molecular flexibility index (Phi) is 5.17. The van der Waals surface area contributed by atoms with Gasteiger partial charge in [-0.15, -0.1) is 10.2 Å². The first-order valence-corrected chi connectivity index (χ1v) is 7.49. The SMILES string of the molecule is Cc1nnc(SCCCCC(=O)O)n1-c1ccccc1. The molecule has 0 aliphatic carbocycles. The minimum absolute atomic E-state index is 0.227. The molecule has 2 rings (SSSR count). The summed E-state index contributed by atoms with van der Waals surface area (Å²) in [6, 6.07) is 9.98. The molecule has 0 saturated carbocycles. The van der Waals surface area contributed by atoms with Gasteiger partial charge in [-0.1, -0.05) is 30.0 Å². The van der Waals surface area contributed by atoms with Crippen LogP contribution in [-0.4, -0.2) is 31.6 Å². The van der Waals surface area contributed by atoms with E-state index in [-0.39, 0.29) is 6.42 Å². The number of aliphatic carboxylic acids is 1. The first kappa shape index (κ1) is 14.6. The maximum atomic E-state index is 10.4. The third kappa shape index (κ3) is 3.84. The largest absolute Gasteiger partial charge is 0.481 e. The van der Waals surface area contributed by atoms with E-state index >= 15 is 0 Å². The van der Waals surface area contributed by atoms with E-state index in [0.29, 0.717) is 6.42 Å². The zero-order chi connectivity index (χ0) is 14.4. The van der Waals surface area contributed by atoms with Crippen LogP contribution >= 0.6 is 11.8 Å². The third-order valence-corrected chi connectivity index (χ3v) is 3.84. The number of rotatable bonds is 7. The van der Waals surface area contributed by atoms with Crippen molar-refractivity contribution < 1.29 is 9.90 Å². The molecule has 0 saturated heterocycles. The minimum atomic E-state index is -0.738. The lowest BCUT2D eigenvalue weighted by molar-refractivity contribution is -0.137. The van der Waals surface area contributed by atoms with Crippen LogP contribution in [0.2, 0.25) is 0 Å². The number of aryl methyl sites for hydroxylation is 1. The summed E-state index contributed by atoms with van der Waals surface area (Å²) in [5, 5.41) is 17.7. The molecule has 0 bridgehead atoms. The van der Waals surface area contributed by atoms with Crippen LogP contribution in [0.5, 0.6) is 0 Å². The normalized spacial score (nSPS) is 10.7. The molecule has 1 aromatic heterocycles. The summed E-state index contributed by atoms with van der Waals surface area (Å²) in [6.07, 6.45) is 1.78. The second-order valence-electron chi connectivity index (χ2n) is 4.40. The van der Waals surface area contributed by atoms with E-state index in [2.05, 4.69) is 10.2 Å². The van der Waals surface area contributed by atoms with E-state index < -0.39 is 5.97 Å². The van der Waals surface area contributed by atoms with E-state index in [0.717, 1.165) is 28.8 Å². The van der Waals surface area contributed by atoms with Gasteiger partial charge in [0.2, 0.25) is 0 Å². The number of nitrogens with zero attached hydrogens (tertiary/aromatic N) is 3. The lowest BCUT2D eigenvalue weighted by Gasteiger charge is -2.07. The van der Waals surface area contributed by atoms with E-state index in [4.69, 9.17) is 5.11 Å². The number of para-hydroxylation sites is 1. The number of carboxylic acid groups (broad SMARTS) is 1. The first-order chi connectivity index (χ1) is 9.68. The summed E-state index contributed by atoms with van der Waals surface area (Å²) in [5.74, 6) is 0.959. The van der Waals surface area contributed by atoms with E-state index in [1.54, 1.807) is 11.8 Å². The van der Waals surface area contributed by atoms with Gasteiger partial charge in [0.1, 0.15) is 5.82 Å². The quantitative estimate of drug-likeness (QED) is 0.627. The average Bonchev–Trinajstić information content (AvgIpc) is 2.80. The van der Waals surface area contributed by atoms with Gasteiger partial charge in [0.15, 0.2) is 5.16 Å². The predicted molar refractivity (Wildman–Crippen MR) is 78.3 cm³/mol. The molecule has 1 N–H and O–H groups in total. The molecule has 0 aliphatic heterocycles. The number of carbonyl (C=O) groups is 1. The fraction of sp³-hybridized carbons (Fsp3) is 0.357. The van der Waals surface area contributed by atoms with Crippen molar-refractivity contribution in [3.8, 4) is 5.69 Å². The third-order valence-electron chi connectivity index (χ3n) is 2.83. The number of hydrogen-bond acceptors (Lipinski definition) is 4. The molecule has 1 aromatic carbocycles. The molecule has 2 aromatic rings. The Labute approximate surface area is 122 Å². The Balaban J connectivity index is 1.98. The molecule has 6 heteroatoms. The lowest BCUT2D eigenvalue weighted by Crippen LogP contribution is -1.99. The molecule has 0 fully saturated rings. The summed E-state index contributed by atoms with van der Waals surface area (Å²) in [5.41, 5.74) is 1.04. The Morgan fingerprint density at radius 2 is 2.00 bits per heavy atom. The highest BCUT2D eigenvalue weighted by Gasteiger charge is 2.10. The van der Waals surface area contributed by atoms with Crippen molar-refractivity contribution in [1.29, 1.82) is 0 Å². The standard InChI is InChI=1S/C14H17N3O2S/c1-11-15-16-14(20-10-6-5-9-13(18)19)17(11)12-7-3-2-4-8-12/h2-4,7-8H,5-6,9-10H2,1H3,(H,18,19). The van der Waals surface area contributed by atoms with Gasteiger partial charge in [-0.2, -0.15) is 0 Å². The van der Waals surface area contributed by atoms with E-state index in [1.807, 2.05) is 41.8 Å². The highest BCUT2D eigenvalue weighted by atomic mass is 32.2. The summed E-state index contributed by atoms with van der Waals surface area (Å²) < 4.78 is 2.02. The fourth-order valence-electron chi connectivity index (χ4n) is 1.85. The first-order valence-electron chi connectivity index (χ1n) is 6.50. The van der Waals surface area contributed by atoms with Crippen LogP contribution in [0.25, 0.3) is 5.69 Å². The second kappa shape index (κ2) is 7.09. The van der Waals surface area contributed by atoms with Crippen molar-refractivity contribution in [2.75, 3.05) is 5.75 Å². The zero-order valence-corrected chi connectivity index (χ0v) is 12.1. The predicted octanol–water partition coefficient (Wildman–Crippen LogP) is 2.92. The van der Waals surface area contributed by atoms with Crippen molar-refractivity contribution in [2.45, 2.75) is 31.3 Å². The van der Waals surface area contributed by atoms with Crippen LogP contribution in [0.1, 0.15) is 25.1 Å². The Morgan fingerprint density at radius 3 is 2.70 bits per heavy atom. The summed E-state index contributed by atoms with van der Waals surface area (Å²) in [6.45, 7) is 1.93. The zero-order valence-electron chi connectivity index (χ0n) is 11.3. The van der Waals surface area contributed by atoms with E-state index in [9.17, 15) is 4.79 Å². The molecule has 20 heavy (non-hydrogen) atoms. The van der Waals surface area contributed by atoms with Crippen molar-refractivity contribution in [3.05, 3.63) is 36.2 Å². The molecule has 0 aliphatic rings. The van der Waals surface area contributed by atoms with Gasteiger partial charge in [0.05, 0.1) is 0 Å². The van der Waals surface area contributed by atoms with Gasteiger partial charge in [0, 0.05) is 17.9 Å². The van der Waals surface area contributed by atoms with E-state index in [1.165, 1.54) is 0 Å². The van der Waals surface area contributed by atoms with Crippen LogP contribution in [0.3, 0.4) is 0 Å². The Morgan fingerprint density at radius 1 is 1.25 bits per heavy atom. The molecule has 0 unspecified atom stereocenters. The molecule has 0 atom stereocenters. The summed E-state index contributed by atoms with van der Waals surface area (Å²) in [4.78, 5) is 10.4. The Hall–Kier alpha value is -1.82. The average molecular weight is 291 g/mol. The molecule has 5 nitrogen and oxygen atoms in total. The van der Waals surface area contributed by atoms with Crippen LogP contribution in [-0.2, 0) is 4.79 Å². The monoisotopic (exact) mass is 291 g/mol. The van der Waals surface area contributed by atoms with Crippen molar-refractivity contribution in [2.24, 2.45) is 0 Å². The number of thioether (sulfide) groups is 1. The summed E-state index contributed by atoms with van der Waals surface area (Å²) >= 11 is 1.61. The van der Waals surface area contributed by atoms with Crippen LogP contribution in [0.15, 0.2) is 35.5 Å². The second-order valence-corrected chi connectivity index (χ2v) is 5.46. The number of carboxylic acids is 1. The lowest BCUT2D eigenvalue weighted by atomic mass is 10.3. The van der Waals surface area contributed by atoms with Crippen molar-refractivity contribution >= 4 is 17.7 Å². The molecular weight excluding hydrogens is 274 g/mol. The van der Waals surface area contributed by atoms with Gasteiger partial charge >= 0.3 is 5.97 Å². The van der Waals surface area contributed by atoms with Gasteiger partial charge in [0.25, 0.3) is 0 Å². The molecular formula is C14H17N3O2S. The van der Waals surface area contributed by atoms with Gasteiger partial charge < -0.3 is 5.11 Å². The van der Waals surface area contributed by atoms with Crippen LogP contribution in [0, 0.1) is 6.92 Å². The summed E-state index contributed by atoms with van der Waals surface area (Å²) in [7, 11) is 0. The number of hydrogen-bond donors (Lipinski definition) is 1.